The van der Waals surface area contributed by atoms with Crippen molar-refractivity contribution in [2.45, 2.75) is 70.9 Å². The second-order valence-electron chi connectivity index (χ2n) is 7.30. The second-order valence-corrected chi connectivity index (χ2v) is 7.30. The van der Waals surface area contributed by atoms with Crippen molar-refractivity contribution in [3.05, 3.63) is 23.0 Å². The highest BCUT2D eigenvalue weighted by molar-refractivity contribution is 5.95. The first-order valence-electron chi connectivity index (χ1n) is 9.26. The molecule has 2 fully saturated rings. The van der Waals surface area contributed by atoms with Gasteiger partial charge in [0.15, 0.2) is 0 Å². The number of amides is 1. The van der Waals surface area contributed by atoms with Gasteiger partial charge in [0.25, 0.3) is 5.91 Å². The number of nitrogens with one attached hydrogen (secondary N) is 1. The van der Waals surface area contributed by atoms with Crippen LogP contribution in [-0.4, -0.2) is 41.6 Å². The largest absolute Gasteiger partial charge is 0.345 e. The van der Waals surface area contributed by atoms with Crippen LogP contribution >= 0.6 is 0 Å². The average Bonchev–Trinajstić information content (AvgIpc) is 2.89. The van der Waals surface area contributed by atoms with E-state index in [9.17, 15) is 4.79 Å². The summed E-state index contributed by atoms with van der Waals surface area (Å²) in [5, 5.41) is 3.33. The zero-order valence-corrected chi connectivity index (χ0v) is 14.9. The van der Waals surface area contributed by atoms with Crippen molar-refractivity contribution in [1.29, 1.82) is 0 Å². The van der Waals surface area contributed by atoms with Crippen LogP contribution in [0.15, 0.2) is 6.07 Å². The van der Waals surface area contributed by atoms with Crippen molar-refractivity contribution in [2.75, 3.05) is 20.1 Å². The van der Waals surface area contributed by atoms with E-state index in [1.165, 1.54) is 43.5 Å². The van der Waals surface area contributed by atoms with Crippen LogP contribution in [0.5, 0.6) is 0 Å². The zero-order valence-electron chi connectivity index (χ0n) is 14.9. The quantitative estimate of drug-likeness (QED) is 0.927. The molecule has 1 aliphatic heterocycles. The molecule has 0 spiro atoms. The summed E-state index contributed by atoms with van der Waals surface area (Å²) in [4.78, 5) is 15.0. The van der Waals surface area contributed by atoms with Crippen LogP contribution in [0.25, 0.3) is 0 Å². The van der Waals surface area contributed by atoms with Crippen LogP contribution < -0.4 is 5.32 Å². The van der Waals surface area contributed by atoms with E-state index in [4.69, 9.17) is 0 Å². The maximum absolute atomic E-state index is 13.0. The average molecular weight is 317 g/mol. The fourth-order valence-electron chi connectivity index (χ4n) is 4.44. The molecule has 1 aromatic heterocycles. The number of hydrogen-bond donors (Lipinski definition) is 1. The van der Waals surface area contributed by atoms with Gasteiger partial charge in [-0.25, -0.2) is 0 Å². The zero-order chi connectivity index (χ0) is 16.4. The van der Waals surface area contributed by atoms with E-state index in [0.717, 1.165) is 31.5 Å². The van der Waals surface area contributed by atoms with Crippen molar-refractivity contribution in [3.63, 3.8) is 0 Å². The van der Waals surface area contributed by atoms with Gasteiger partial charge in [0.2, 0.25) is 0 Å². The van der Waals surface area contributed by atoms with E-state index in [-0.39, 0.29) is 5.91 Å². The van der Waals surface area contributed by atoms with E-state index in [2.05, 4.69) is 29.8 Å². The summed E-state index contributed by atoms with van der Waals surface area (Å²) in [5.74, 6) is 0.231. The van der Waals surface area contributed by atoms with Crippen LogP contribution in [0.1, 0.15) is 72.7 Å². The highest BCUT2D eigenvalue weighted by atomic mass is 16.2. The Balaban J connectivity index is 1.76. The first-order valence-corrected chi connectivity index (χ1v) is 9.26. The number of likely N-dealkylation sites (tertiary alicyclic amines) is 1. The molecule has 1 amide bonds. The lowest BCUT2D eigenvalue weighted by molar-refractivity contribution is 0.0706. The Kier molecular flexibility index (Phi) is 5.10. The summed E-state index contributed by atoms with van der Waals surface area (Å²) in [6, 6.07) is 3.28. The molecule has 128 valence electrons. The third-order valence-corrected chi connectivity index (χ3v) is 5.85. The van der Waals surface area contributed by atoms with Gasteiger partial charge in [0.05, 0.1) is 5.56 Å². The minimum atomic E-state index is 0.231. The Hall–Kier alpha value is -1.29. The summed E-state index contributed by atoms with van der Waals surface area (Å²) in [7, 11) is 2.01. The minimum Gasteiger partial charge on any atom is -0.345 e. The van der Waals surface area contributed by atoms with Gasteiger partial charge >= 0.3 is 0 Å². The van der Waals surface area contributed by atoms with Gasteiger partial charge in [-0.2, -0.15) is 0 Å². The Morgan fingerprint density at radius 3 is 2.35 bits per heavy atom. The van der Waals surface area contributed by atoms with Gasteiger partial charge in [0.1, 0.15) is 0 Å². The minimum absolute atomic E-state index is 0.231. The normalized spacial score (nSPS) is 20.9. The molecule has 23 heavy (non-hydrogen) atoms. The molecule has 2 aliphatic rings. The van der Waals surface area contributed by atoms with Crippen molar-refractivity contribution in [2.24, 2.45) is 0 Å². The van der Waals surface area contributed by atoms with E-state index < -0.39 is 0 Å². The standard InChI is InChI=1S/C19H31N3O/c1-14-13-18(15(2)22(14)17-7-5-4-6-8-17)19(23)21-11-9-16(20-3)10-12-21/h13,16-17,20H,4-12H2,1-3H3. The number of nitrogens with zero attached hydrogens (tertiary/aromatic N) is 2. The second kappa shape index (κ2) is 7.08. The Morgan fingerprint density at radius 1 is 1.09 bits per heavy atom. The van der Waals surface area contributed by atoms with Crippen LogP contribution in [0, 0.1) is 13.8 Å². The van der Waals surface area contributed by atoms with Crippen LogP contribution in [0.4, 0.5) is 0 Å². The number of piperidine rings is 1. The molecule has 4 heteroatoms. The van der Waals surface area contributed by atoms with Crippen molar-refractivity contribution >= 4 is 5.91 Å². The maximum atomic E-state index is 13.0. The SMILES string of the molecule is CNC1CCN(C(=O)c2cc(C)n(C3CCCCC3)c2C)CC1. The molecule has 1 N–H and O–H groups in total. The highest BCUT2D eigenvalue weighted by Gasteiger charge is 2.27. The van der Waals surface area contributed by atoms with Crippen LogP contribution in [0.2, 0.25) is 0 Å². The molecule has 2 heterocycles. The van der Waals surface area contributed by atoms with Crippen molar-refractivity contribution in [1.82, 2.24) is 14.8 Å². The summed E-state index contributed by atoms with van der Waals surface area (Å²) >= 11 is 0. The lowest BCUT2D eigenvalue weighted by Crippen LogP contribution is -2.44. The summed E-state index contributed by atoms with van der Waals surface area (Å²) in [6.45, 7) is 6.04. The molecule has 0 unspecified atom stereocenters. The van der Waals surface area contributed by atoms with Crippen LogP contribution in [-0.2, 0) is 0 Å². The number of aromatic nitrogens is 1. The molecule has 4 nitrogen and oxygen atoms in total. The molecule has 1 saturated carbocycles. The lowest BCUT2D eigenvalue weighted by Gasteiger charge is -2.32. The van der Waals surface area contributed by atoms with Gasteiger partial charge < -0.3 is 14.8 Å². The third kappa shape index (κ3) is 3.32. The highest BCUT2D eigenvalue weighted by Crippen LogP contribution is 2.32. The molecule has 0 bridgehead atoms. The van der Waals surface area contributed by atoms with Crippen molar-refractivity contribution in [3.8, 4) is 0 Å². The number of aryl methyl sites for hydroxylation is 1. The summed E-state index contributed by atoms with van der Waals surface area (Å²) < 4.78 is 2.44. The van der Waals surface area contributed by atoms with E-state index in [1.807, 2.05) is 11.9 Å². The molecule has 1 aromatic rings. The Bertz CT molecular complexity index is 549. The number of rotatable bonds is 3. The van der Waals surface area contributed by atoms with E-state index >= 15 is 0 Å². The molecule has 1 aliphatic carbocycles. The van der Waals surface area contributed by atoms with Crippen molar-refractivity contribution < 1.29 is 4.79 Å². The molecular weight excluding hydrogens is 286 g/mol. The topological polar surface area (TPSA) is 37.3 Å². The van der Waals surface area contributed by atoms with Gasteiger partial charge in [-0.3, -0.25) is 4.79 Å². The van der Waals surface area contributed by atoms with Gasteiger partial charge in [-0.05, 0) is 52.6 Å². The molecular formula is C19H31N3O. The Labute approximate surface area is 140 Å². The summed E-state index contributed by atoms with van der Waals surface area (Å²) in [5.41, 5.74) is 3.36. The number of hydrogen-bond acceptors (Lipinski definition) is 2. The Morgan fingerprint density at radius 2 is 1.74 bits per heavy atom. The van der Waals surface area contributed by atoms with E-state index in [1.54, 1.807) is 0 Å². The summed E-state index contributed by atoms with van der Waals surface area (Å²) in [6.07, 6.45) is 8.65. The first kappa shape index (κ1) is 16.6. The molecule has 3 rings (SSSR count). The van der Waals surface area contributed by atoms with Gasteiger partial charge in [-0.1, -0.05) is 19.3 Å². The predicted octanol–water partition coefficient (Wildman–Crippen LogP) is 3.43. The predicted molar refractivity (Wildman–Crippen MR) is 94.0 cm³/mol. The fourth-order valence-corrected chi connectivity index (χ4v) is 4.44. The number of carbonyl (C=O) groups is 1. The van der Waals surface area contributed by atoms with E-state index in [0.29, 0.717) is 12.1 Å². The fraction of sp³-hybridized carbons (Fsp3) is 0.737. The molecule has 0 aromatic carbocycles. The monoisotopic (exact) mass is 317 g/mol. The van der Waals surface area contributed by atoms with Crippen LogP contribution in [0.3, 0.4) is 0 Å². The smallest absolute Gasteiger partial charge is 0.255 e. The van der Waals surface area contributed by atoms with Gasteiger partial charge in [0, 0.05) is 36.6 Å². The van der Waals surface area contributed by atoms with Gasteiger partial charge in [-0.15, -0.1) is 0 Å². The molecule has 0 atom stereocenters. The lowest BCUT2D eigenvalue weighted by atomic mass is 9.95. The number of carbonyl (C=O) groups excluding carboxylic acids is 1. The first-order chi connectivity index (χ1) is 11.1. The molecule has 0 radical (unpaired) electrons. The molecule has 1 saturated heterocycles. The maximum Gasteiger partial charge on any atom is 0.255 e. The third-order valence-electron chi connectivity index (χ3n) is 5.85.